The third-order valence-corrected chi connectivity index (χ3v) is 3.81. The van der Waals surface area contributed by atoms with E-state index in [0.717, 1.165) is 11.3 Å². The lowest BCUT2D eigenvalue weighted by molar-refractivity contribution is -0.0528. The van der Waals surface area contributed by atoms with Crippen molar-refractivity contribution in [3.05, 3.63) is 48.0 Å². The quantitative estimate of drug-likeness (QED) is 0.536. The summed E-state index contributed by atoms with van der Waals surface area (Å²) in [6.07, 6.45) is 4.87. The number of aromatic amines is 1. The Bertz CT molecular complexity index is 1080. The van der Waals surface area contributed by atoms with Crippen molar-refractivity contribution in [1.82, 2.24) is 34.9 Å². The summed E-state index contributed by atoms with van der Waals surface area (Å²) in [5.74, 6) is 0.509. The van der Waals surface area contributed by atoms with Crippen molar-refractivity contribution in [3.8, 4) is 5.88 Å². The van der Waals surface area contributed by atoms with Crippen molar-refractivity contribution in [2.45, 2.75) is 20.1 Å². The Morgan fingerprint density at radius 2 is 2.15 bits per heavy atom. The zero-order valence-corrected chi connectivity index (χ0v) is 14.1. The molecule has 0 saturated heterocycles. The Labute approximate surface area is 151 Å². The number of anilines is 2. The molecule has 4 heterocycles. The summed E-state index contributed by atoms with van der Waals surface area (Å²) in [7, 11) is 0. The molecule has 0 aliphatic heterocycles. The zero-order valence-electron chi connectivity index (χ0n) is 14.1. The SMILES string of the molecule is Cc1ncccc1Cn1ncc2ncc(Nc3cc(OC(F)F)[nH]n3)nc21. The van der Waals surface area contributed by atoms with Crippen LogP contribution in [0.5, 0.6) is 5.88 Å². The molecule has 0 unspecified atom stereocenters. The van der Waals surface area contributed by atoms with E-state index in [4.69, 9.17) is 0 Å². The van der Waals surface area contributed by atoms with Crippen LogP contribution < -0.4 is 10.1 Å². The topological polar surface area (TPSA) is 106 Å². The van der Waals surface area contributed by atoms with Crippen LogP contribution >= 0.6 is 0 Å². The normalized spacial score (nSPS) is 11.3. The van der Waals surface area contributed by atoms with E-state index in [1.165, 1.54) is 12.3 Å². The van der Waals surface area contributed by atoms with E-state index in [2.05, 4.69) is 40.3 Å². The Kier molecular flexibility index (Phi) is 4.32. The number of fused-ring (bicyclic) bond motifs is 1. The maximum Gasteiger partial charge on any atom is 0.388 e. The number of aromatic nitrogens is 7. The van der Waals surface area contributed by atoms with Crippen LogP contribution in [0.1, 0.15) is 11.3 Å². The molecule has 0 radical (unpaired) electrons. The number of hydrogen-bond donors (Lipinski definition) is 2. The summed E-state index contributed by atoms with van der Waals surface area (Å²) < 4.78 is 30.4. The van der Waals surface area contributed by atoms with Gasteiger partial charge in [0.25, 0.3) is 0 Å². The van der Waals surface area contributed by atoms with Gasteiger partial charge in [0.15, 0.2) is 17.3 Å². The van der Waals surface area contributed by atoms with Gasteiger partial charge in [-0.15, -0.1) is 0 Å². The molecule has 11 heteroatoms. The Balaban J connectivity index is 1.58. The van der Waals surface area contributed by atoms with Crippen molar-refractivity contribution >= 4 is 22.8 Å². The number of H-pyrrole nitrogens is 1. The van der Waals surface area contributed by atoms with E-state index < -0.39 is 6.61 Å². The molecular formula is C16H14F2N8O. The molecule has 0 aromatic carbocycles. The molecule has 0 atom stereocenters. The van der Waals surface area contributed by atoms with Crippen LogP contribution in [0.4, 0.5) is 20.4 Å². The van der Waals surface area contributed by atoms with Crippen LogP contribution in [-0.2, 0) is 6.54 Å². The van der Waals surface area contributed by atoms with Crippen LogP contribution in [0.25, 0.3) is 11.2 Å². The Morgan fingerprint density at radius 3 is 2.96 bits per heavy atom. The predicted molar refractivity (Wildman–Crippen MR) is 91.9 cm³/mol. The van der Waals surface area contributed by atoms with Gasteiger partial charge in [0.2, 0.25) is 5.88 Å². The van der Waals surface area contributed by atoms with Crippen molar-refractivity contribution in [3.63, 3.8) is 0 Å². The minimum absolute atomic E-state index is 0.154. The highest BCUT2D eigenvalue weighted by Crippen LogP contribution is 2.20. The Hall–Kier alpha value is -3.63. The summed E-state index contributed by atoms with van der Waals surface area (Å²) >= 11 is 0. The van der Waals surface area contributed by atoms with Crippen molar-refractivity contribution < 1.29 is 13.5 Å². The van der Waals surface area contributed by atoms with Crippen LogP contribution in [-0.4, -0.2) is 41.5 Å². The highest BCUT2D eigenvalue weighted by atomic mass is 19.3. The third kappa shape index (κ3) is 3.66. The van der Waals surface area contributed by atoms with Crippen LogP contribution in [0.2, 0.25) is 0 Å². The smallest absolute Gasteiger partial charge is 0.388 e. The Morgan fingerprint density at radius 1 is 1.26 bits per heavy atom. The number of halogens is 2. The molecule has 4 rings (SSSR count). The summed E-state index contributed by atoms with van der Waals surface area (Å²) in [6, 6.07) is 5.14. The first kappa shape index (κ1) is 16.8. The first-order valence-corrected chi connectivity index (χ1v) is 7.95. The standard InChI is InChI=1S/C16H14F2N8O/c1-9-10(3-2-4-19-9)8-26-15-11(6-21-26)20-7-13(23-15)22-12-5-14(25-24-12)27-16(17)18/h2-7,16H,8H2,1H3,(H2,22,23,24,25). The molecule has 0 saturated carbocycles. The average molecular weight is 372 g/mol. The summed E-state index contributed by atoms with van der Waals surface area (Å²) in [6.45, 7) is -0.508. The molecule has 2 N–H and O–H groups in total. The molecule has 0 amide bonds. The largest absolute Gasteiger partial charge is 0.417 e. The maximum atomic E-state index is 12.2. The van der Waals surface area contributed by atoms with Gasteiger partial charge in [0.1, 0.15) is 5.52 Å². The maximum absolute atomic E-state index is 12.2. The number of rotatable bonds is 6. The summed E-state index contributed by atoms with van der Waals surface area (Å²) in [4.78, 5) is 13.1. The van der Waals surface area contributed by atoms with Gasteiger partial charge in [-0.3, -0.25) is 4.98 Å². The lowest BCUT2D eigenvalue weighted by Crippen LogP contribution is -2.06. The minimum Gasteiger partial charge on any atom is -0.417 e. The van der Waals surface area contributed by atoms with Gasteiger partial charge >= 0.3 is 6.61 Å². The third-order valence-electron chi connectivity index (χ3n) is 3.81. The van der Waals surface area contributed by atoms with Crippen molar-refractivity contribution in [2.75, 3.05) is 5.32 Å². The molecular weight excluding hydrogens is 358 g/mol. The number of nitrogens with zero attached hydrogens (tertiary/aromatic N) is 6. The van der Waals surface area contributed by atoms with Gasteiger partial charge < -0.3 is 10.1 Å². The molecule has 4 aromatic rings. The molecule has 138 valence electrons. The fraction of sp³-hybridized carbons (Fsp3) is 0.188. The molecule has 0 fully saturated rings. The van der Waals surface area contributed by atoms with Crippen LogP contribution in [0.15, 0.2) is 36.8 Å². The predicted octanol–water partition coefficient (Wildman–Crippen LogP) is 2.65. The molecule has 27 heavy (non-hydrogen) atoms. The van der Waals surface area contributed by atoms with Gasteiger partial charge in [-0.1, -0.05) is 6.07 Å². The first-order chi connectivity index (χ1) is 13.1. The van der Waals surface area contributed by atoms with E-state index in [0.29, 0.717) is 23.5 Å². The number of alkyl halides is 2. The second kappa shape index (κ2) is 6.94. The lowest BCUT2D eigenvalue weighted by Gasteiger charge is -2.06. The molecule has 0 bridgehead atoms. The average Bonchev–Trinajstić information content (AvgIpc) is 3.23. The van der Waals surface area contributed by atoms with Crippen LogP contribution in [0, 0.1) is 6.92 Å². The summed E-state index contributed by atoms with van der Waals surface area (Å²) in [5, 5.41) is 13.4. The van der Waals surface area contributed by atoms with Gasteiger partial charge in [-0.05, 0) is 18.6 Å². The number of pyridine rings is 1. The molecule has 0 spiro atoms. The fourth-order valence-electron chi connectivity index (χ4n) is 2.53. The van der Waals surface area contributed by atoms with Crippen molar-refractivity contribution in [1.29, 1.82) is 0 Å². The summed E-state index contributed by atoms with van der Waals surface area (Å²) in [5.41, 5.74) is 3.13. The highest BCUT2D eigenvalue weighted by molar-refractivity contribution is 5.72. The second-order valence-electron chi connectivity index (χ2n) is 5.64. The fourth-order valence-corrected chi connectivity index (χ4v) is 2.53. The zero-order chi connectivity index (χ0) is 18.8. The number of hydrogen-bond acceptors (Lipinski definition) is 7. The van der Waals surface area contributed by atoms with Gasteiger partial charge in [0, 0.05) is 18.0 Å². The van der Waals surface area contributed by atoms with Gasteiger partial charge in [-0.2, -0.15) is 19.0 Å². The van der Waals surface area contributed by atoms with Gasteiger partial charge in [-0.25, -0.2) is 19.7 Å². The van der Waals surface area contributed by atoms with Crippen molar-refractivity contribution in [2.24, 2.45) is 0 Å². The number of aryl methyl sites for hydroxylation is 1. The molecule has 4 aromatic heterocycles. The van der Waals surface area contributed by atoms with E-state index in [-0.39, 0.29) is 11.7 Å². The molecule has 0 aliphatic rings. The van der Waals surface area contributed by atoms with E-state index in [9.17, 15) is 8.78 Å². The second-order valence-corrected chi connectivity index (χ2v) is 5.64. The van der Waals surface area contributed by atoms with E-state index in [1.807, 2.05) is 19.1 Å². The van der Waals surface area contributed by atoms with E-state index >= 15 is 0 Å². The first-order valence-electron chi connectivity index (χ1n) is 7.95. The monoisotopic (exact) mass is 372 g/mol. The van der Waals surface area contributed by atoms with E-state index in [1.54, 1.807) is 17.1 Å². The lowest BCUT2D eigenvalue weighted by atomic mass is 10.2. The highest BCUT2D eigenvalue weighted by Gasteiger charge is 2.11. The van der Waals surface area contributed by atoms with Crippen LogP contribution in [0.3, 0.4) is 0 Å². The molecule has 0 aliphatic carbocycles. The number of nitrogens with one attached hydrogen (secondary N) is 2. The minimum atomic E-state index is -2.93. The number of ether oxygens (including phenoxy) is 1. The molecule has 9 nitrogen and oxygen atoms in total. The van der Waals surface area contributed by atoms with Gasteiger partial charge in [0.05, 0.1) is 18.9 Å².